The van der Waals surface area contributed by atoms with Gasteiger partial charge in [0.2, 0.25) is 0 Å². The van der Waals surface area contributed by atoms with E-state index >= 15 is 0 Å². The average molecular weight is 211 g/mol. The Bertz CT molecular complexity index is 228. The van der Waals surface area contributed by atoms with Crippen molar-refractivity contribution in [2.75, 3.05) is 19.7 Å². The van der Waals surface area contributed by atoms with E-state index in [0.717, 1.165) is 0 Å². The molecule has 0 spiro atoms. The Labute approximate surface area is 91.8 Å². The lowest BCUT2D eigenvalue weighted by Crippen LogP contribution is -2.49. The van der Waals surface area contributed by atoms with Gasteiger partial charge >= 0.3 is 5.97 Å². The summed E-state index contributed by atoms with van der Waals surface area (Å²) in [6.07, 6.45) is 6.48. The van der Waals surface area contributed by atoms with E-state index in [-0.39, 0.29) is 5.97 Å². The Hall–Kier alpha value is -0.570. The molecule has 2 rings (SSSR count). The highest BCUT2D eigenvalue weighted by Crippen LogP contribution is 2.30. The number of ether oxygens (including phenoxy) is 1. The molecular weight excluding hydrogens is 190 g/mol. The van der Waals surface area contributed by atoms with Gasteiger partial charge in [-0.15, -0.1) is 0 Å². The maximum Gasteiger partial charge on any atom is 0.302 e. The second kappa shape index (κ2) is 4.97. The largest absolute Gasteiger partial charge is 0.466 e. The van der Waals surface area contributed by atoms with Crippen LogP contribution in [0.25, 0.3) is 0 Å². The summed E-state index contributed by atoms with van der Waals surface area (Å²) in [4.78, 5) is 13.4. The fourth-order valence-corrected chi connectivity index (χ4v) is 3.00. The summed E-state index contributed by atoms with van der Waals surface area (Å²) in [7, 11) is 0. The normalized spacial score (nSPS) is 32.1. The molecule has 0 aliphatic carbocycles. The Morgan fingerprint density at radius 1 is 1.27 bits per heavy atom. The van der Waals surface area contributed by atoms with Crippen molar-refractivity contribution >= 4 is 5.97 Å². The number of fused-ring (bicyclic) bond motifs is 1. The number of carbonyl (C=O) groups excluding carboxylic acids is 1. The monoisotopic (exact) mass is 211 g/mol. The fraction of sp³-hybridized carbons (Fsp3) is 0.917. The highest BCUT2D eigenvalue weighted by atomic mass is 16.5. The number of carbonyl (C=O) groups is 1. The number of rotatable bonds is 2. The summed E-state index contributed by atoms with van der Waals surface area (Å²) in [6, 6.07) is 0.687. The molecule has 0 bridgehead atoms. The highest BCUT2D eigenvalue weighted by molar-refractivity contribution is 5.65. The Kier molecular flexibility index (Phi) is 3.62. The minimum atomic E-state index is -0.136. The van der Waals surface area contributed by atoms with Crippen molar-refractivity contribution in [2.24, 2.45) is 5.92 Å². The first-order chi connectivity index (χ1) is 7.27. The molecule has 0 saturated carbocycles. The molecule has 0 N–H and O–H groups in total. The van der Waals surface area contributed by atoms with Crippen LogP contribution < -0.4 is 0 Å². The smallest absolute Gasteiger partial charge is 0.302 e. The van der Waals surface area contributed by atoms with Crippen LogP contribution in [0, 0.1) is 5.92 Å². The fourth-order valence-electron chi connectivity index (χ4n) is 3.00. The minimum Gasteiger partial charge on any atom is -0.466 e. The van der Waals surface area contributed by atoms with Gasteiger partial charge in [-0.1, -0.05) is 6.42 Å². The van der Waals surface area contributed by atoms with Crippen LogP contribution in [0.4, 0.5) is 0 Å². The Morgan fingerprint density at radius 3 is 2.87 bits per heavy atom. The molecule has 0 aromatic heterocycles. The molecule has 15 heavy (non-hydrogen) atoms. The molecule has 2 aliphatic rings. The van der Waals surface area contributed by atoms with Gasteiger partial charge in [-0.05, 0) is 38.8 Å². The van der Waals surface area contributed by atoms with Gasteiger partial charge < -0.3 is 4.74 Å². The molecule has 86 valence electrons. The molecule has 2 fully saturated rings. The summed E-state index contributed by atoms with van der Waals surface area (Å²) >= 11 is 0. The van der Waals surface area contributed by atoms with E-state index in [4.69, 9.17) is 4.74 Å². The van der Waals surface area contributed by atoms with E-state index in [9.17, 15) is 4.79 Å². The third-order valence-electron chi connectivity index (χ3n) is 3.73. The number of hydrogen-bond acceptors (Lipinski definition) is 3. The van der Waals surface area contributed by atoms with Crippen LogP contribution in [0.5, 0.6) is 0 Å². The van der Waals surface area contributed by atoms with Gasteiger partial charge in [-0.3, -0.25) is 9.69 Å². The van der Waals surface area contributed by atoms with Crippen molar-refractivity contribution in [3.63, 3.8) is 0 Å². The van der Waals surface area contributed by atoms with Crippen LogP contribution in [-0.4, -0.2) is 36.6 Å². The van der Waals surface area contributed by atoms with Gasteiger partial charge in [-0.2, -0.15) is 0 Å². The molecule has 0 amide bonds. The van der Waals surface area contributed by atoms with Crippen molar-refractivity contribution in [3.8, 4) is 0 Å². The van der Waals surface area contributed by atoms with Crippen LogP contribution in [0.15, 0.2) is 0 Å². The predicted molar refractivity (Wildman–Crippen MR) is 58.6 cm³/mol. The zero-order chi connectivity index (χ0) is 10.7. The van der Waals surface area contributed by atoms with Crippen LogP contribution >= 0.6 is 0 Å². The van der Waals surface area contributed by atoms with Gasteiger partial charge in [0.25, 0.3) is 0 Å². The molecule has 0 radical (unpaired) electrons. The molecule has 2 aliphatic heterocycles. The maximum atomic E-state index is 10.8. The van der Waals surface area contributed by atoms with Crippen molar-refractivity contribution in [3.05, 3.63) is 0 Å². The number of esters is 1. The zero-order valence-electron chi connectivity index (χ0n) is 9.58. The minimum absolute atomic E-state index is 0.136. The topological polar surface area (TPSA) is 29.5 Å². The average Bonchev–Trinajstić information content (AvgIpc) is 2.26. The molecule has 2 heterocycles. The van der Waals surface area contributed by atoms with Crippen molar-refractivity contribution in [2.45, 2.75) is 45.1 Å². The van der Waals surface area contributed by atoms with Gasteiger partial charge in [-0.25, -0.2) is 0 Å². The first kappa shape index (κ1) is 10.9. The van der Waals surface area contributed by atoms with E-state index in [0.29, 0.717) is 18.6 Å². The first-order valence-electron chi connectivity index (χ1n) is 6.15. The van der Waals surface area contributed by atoms with Crippen molar-refractivity contribution in [1.29, 1.82) is 0 Å². The lowest BCUT2D eigenvalue weighted by molar-refractivity contribution is -0.143. The molecule has 2 saturated heterocycles. The molecule has 2 atom stereocenters. The summed E-state index contributed by atoms with van der Waals surface area (Å²) < 4.78 is 5.16. The number of nitrogens with zero attached hydrogens (tertiary/aromatic N) is 1. The predicted octanol–water partition coefficient (Wildman–Crippen LogP) is 1.81. The summed E-state index contributed by atoms with van der Waals surface area (Å²) in [5.41, 5.74) is 0. The quantitative estimate of drug-likeness (QED) is 0.652. The lowest BCUT2D eigenvalue weighted by Gasteiger charge is -2.44. The van der Waals surface area contributed by atoms with Crippen LogP contribution in [0.1, 0.15) is 39.0 Å². The third kappa shape index (κ3) is 2.71. The van der Waals surface area contributed by atoms with Crippen molar-refractivity contribution < 1.29 is 9.53 Å². The second-order valence-electron chi connectivity index (χ2n) is 4.80. The number of piperidine rings is 2. The van der Waals surface area contributed by atoms with Crippen LogP contribution in [-0.2, 0) is 9.53 Å². The first-order valence-corrected chi connectivity index (χ1v) is 6.15. The van der Waals surface area contributed by atoms with E-state index < -0.39 is 0 Å². The van der Waals surface area contributed by atoms with E-state index in [1.807, 2.05) is 0 Å². The SMILES string of the molecule is CC(=O)OC[C@H]1CCCN2CCCC[C@H]12. The summed E-state index contributed by atoms with van der Waals surface area (Å²) in [6.45, 7) is 4.64. The standard InChI is InChI=1S/C12H21NO2/c1-10(14)15-9-11-5-4-8-13-7-3-2-6-12(11)13/h11-12H,2-9H2,1H3/t11-,12-/m1/s1. The van der Waals surface area contributed by atoms with E-state index in [2.05, 4.69) is 4.90 Å². The van der Waals surface area contributed by atoms with E-state index in [1.54, 1.807) is 0 Å². The molecule has 3 heteroatoms. The molecule has 0 aromatic carbocycles. The Balaban J connectivity index is 1.88. The Morgan fingerprint density at radius 2 is 2.07 bits per heavy atom. The maximum absolute atomic E-state index is 10.8. The lowest BCUT2D eigenvalue weighted by atomic mass is 9.84. The molecule has 0 unspecified atom stereocenters. The third-order valence-corrected chi connectivity index (χ3v) is 3.73. The van der Waals surface area contributed by atoms with E-state index in [1.165, 1.54) is 52.1 Å². The van der Waals surface area contributed by atoms with Crippen LogP contribution in [0.3, 0.4) is 0 Å². The zero-order valence-corrected chi connectivity index (χ0v) is 9.58. The molecule has 0 aromatic rings. The van der Waals surface area contributed by atoms with Crippen molar-refractivity contribution in [1.82, 2.24) is 4.90 Å². The van der Waals surface area contributed by atoms with Crippen LogP contribution in [0.2, 0.25) is 0 Å². The summed E-state index contributed by atoms with van der Waals surface area (Å²) in [5, 5.41) is 0. The van der Waals surface area contributed by atoms with Gasteiger partial charge in [0.1, 0.15) is 0 Å². The molecule has 3 nitrogen and oxygen atoms in total. The summed E-state index contributed by atoms with van der Waals surface area (Å²) in [5.74, 6) is 0.450. The van der Waals surface area contributed by atoms with Gasteiger partial charge in [0, 0.05) is 18.9 Å². The highest BCUT2D eigenvalue weighted by Gasteiger charge is 2.33. The molecular formula is C12H21NO2. The van der Waals surface area contributed by atoms with Gasteiger partial charge in [0.15, 0.2) is 0 Å². The van der Waals surface area contributed by atoms with Gasteiger partial charge in [0.05, 0.1) is 6.61 Å². The number of hydrogen-bond donors (Lipinski definition) is 0. The second-order valence-corrected chi connectivity index (χ2v) is 4.80.